The highest BCUT2D eigenvalue weighted by molar-refractivity contribution is 5.81. The molecule has 0 radical (unpaired) electrons. The zero-order valence-corrected chi connectivity index (χ0v) is 15.4. The first-order chi connectivity index (χ1) is 9.54. The van der Waals surface area contributed by atoms with Gasteiger partial charge in [-0.2, -0.15) is 0 Å². The van der Waals surface area contributed by atoms with Crippen molar-refractivity contribution in [3.05, 3.63) is 23.3 Å². The van der Waals surface area contributed by atoms with E-state index in [-0.39, 0.29) is 11.3 Å². The van der Waals surface area contributed by atoms with E-state index in [2.05, 4.69) is 46.8 Å². The second kappa shape index (κ2) is 9.07. The lowest BCUT2D eigenvalue weighted by atomic mass is 9.94. The van der Waals surface area contributed by atoms with Crippen LogP contribution in [0.3, 0.4) is 0 Å². The molecule has 0 aliphatic heterocycles. The van der Waals surface area contributed by atoms with Gasteiger partial charge in [0.1, 0.15) is 0 Å². The number of amides is 1. The van der Waals surface area contributed by atoms with Crippen molar-refractivity contribution in [2.45, 2.75) is 68.2 Å². The van der Waals surface area contributed by atoms with Crippen LogP contribution in [-0.2, 0) is 4.79 Å². The molecule has 122 valence electrons. The molecule has 0 fully saturated rings. The van der Waals surface area contributed by atoms with E-state index in [0.717, 1.165) is 25.9 Å². The van der Waals surface area contributed by atoms with E-state index >= 15 is 0 Å². The third-order valence-electron chi connectivity index (χ3n) is 3.27. The summed E-state index contributed by atoms with van der Waals surface area (Å²) in [5, 5.41) is 0. The van der Waals surface area contributed by atoms with Gasteiger partial charge in [0.15, 0.2) is 0 Å². The molecule has 21 heavy (non-hydrogen) atoms. The van der Waals surface area contributed by atoms with Crippen molar-refractivity contribution in [3.8, 4) is 0 Å². The van der Waals surface area contributed by atoms with E-state index in [4.69, 9.17) is 0 Å². The van der Waals surface area contributed by atoms with Crippen molar-refractivity contribution in [2.24, 2.45) is 11.3 Å². The lowest BCUT2D eigenvalue weighted by molar-refractivity contribution is -0.139. The molecule has 0 heterocycles. The van der Waals surface area contributed by atoms with Crippen LogP contribution in [0, 0.1) is 11.3 Å². The Morgan fingerprint density at radius 3 is 2.10 bits per heavy atom. The molecule has 0 saturated carbocycles. The van der Waals surface area contributed by atoms with Crippen LogP contribution in [0.15, 0.2) is 23.3 Å². The van der Waals surface area contributed by atoms with E-state index in [9.17, 15) is 4.79 Å². The fourth-order valence-corrected chi connectivity index (χ4v) is 2.11. The maximum atomic E-state index is 12.5. The summed E-state index contributed by atoms with van der Waals surface area (Å²) in [5.41, 5.74) is 2.42. The van der Waals surface area contributed by atoms with Crippen molar-refractivity contribution < 1.29 is 4.79 Å². The number of nitrogens with zero attached hydrogens (tertiary/aromatic N) is 1. The van der Waals surface area contributed by atoms with Crippen LogP contribution in [0.5, 0.6) is 0 Å². The molecule has 0 spiro atoms. The maximum Gasteiger partial charge on any atom is 0.228 e. The summed E-state index contributed by atoms with van der Waals surface area (Å²) in [6.07, 6.45) is 6.64. The average molecular weight is 293 g/mol. The minimum atomic E-state index is -0.307. The number of rotatable bonds is 7. The molecular formula is C19H35NO. The molecule has 0 saturated heterocycles. The topological polar surface area (TPSA) is 20.3 Å². The van der Waals surface area contributed by atoms with Crippen molar-refractivity contribution in [1.29, 1.82) is 0 Å². The zero-order valence-electron chi connectivity index (χ0n) is 15.4. The van der Waals surface area contributed by atoms with Gasteiger partial charge in [-0.25, -0.2) is 0 Å². The van der Waals surface area contributed by atoms with Gasteiger partial charge in [0.2, 0.25) is 5.91 Å². The number of carbonyl (C=O) groups excluding carboxylic acids is 1. The first-order valence-corrected chi connectivity index (χ1v) is 8.12. The van der Waals surface area contributed by atoms with Crippen molar-refractivity contribution in [2.75, 3.05) is 13.1 Å². The second-order valence-corrected chi connectivity index (χ2v) is 7.72. The number of hydrogen-bond donors (Lipinski definition) is 0. The van der Waals surface area contributed by atoms with Gasteiger partial charge in [0.05, 0.1) is 0 Å². The van der Waals surface area contributed by atoms with Crippen LogP contribution >= 0.6 is 0 Å². The smallest absolute Gasteiger partial charge is 0.228 e. The SMILES string of the molecule is CC(C)=CCC/C(C)=C\CN(CC(C)C)C(=O)C(C)(C)C. The van der Waals surface area contributed by atoms with Gasteiger partial charge < -0.3 is 4.90 Å². The standard InChI is InChI=1S/C19H35NO/c1-15(2)10-9-11-17(5)12-13-20(14-16(3)4)18(21)19(6,7)8/h10,12,16H,9,11,13-14H2,1-8H3/b17-12-. The van der Waals surface area contributed by atoms with Crippen molar-refractivity contribution >= 4 is 5.91 Å². The second-order valence-electron chi connectivity index (χ2n) is 7.72. The Morgan fingerprint density at radius 2 is 1.67 bits per heavy atom. The summed E-state index contributed by atoms with van der Waals surface area (Å²) in [6, 6.07) is 0. The molecule has 2 heteroatoms. The molecule has 0 N–H and O–H groups in total. The summed E-state index contributed by atoms with van der Waals surface area (Å²) in [6.45, 7) is 18.3. The Morgan fingerprint density at radius 1 is 1.10 bits per heavy atom. The summed E-state index contributed by atoms with van der Waals surface area (Å²) >= 11 is 0. The highest BCUT2D eigenvalue weighted by Gasteiger charge is 2.26. The average Bonchev–Trinajstić information content (AvgIpc) is 2.31. The van der Waals surface area contributed by atoms with Crippen LogP contribution in [-0.4, -0.2) is 23.9 Å². The molecular weight excluding hydrogens is 258 g/mol. The Labute approximate surface area is 132 Å². The zero-order chi connectivity index (χ0) is 16.6. The Balaban J connectivity index is 4.68. The van der Waals surface area contributed by atoms with E-state index in [0.29, 0.717) is 5.92 Å². The van der Waals surface area contributed by atoms with E-state index in [1.54, 1.807) is 0 Å². The van der Waals surface area contributed by atoms with Gasteiger partial charge in [-0.1, -0.05) is 57.9 Å². The summed E-state index contributed by atoms with van der Waals surface area (Å²) < 4.78 is 0. The maximum absolute atomic E-state index is 12.5. The molecule has 0 atom stereocenters. The third-order valence-corrected chi connectivity index (χ3v) is 3.27. The third kappa shape index (κ3) is 9.49. The predicted molar refractivity (Wildman–Crippen MR) is 93.3 cm³/mol. The Hall–Kier alpha value is -1.05. The summed E-state index contributed by atoms with van der Waals surface area (Å²) in [4.78, 5) is 14.5. The highest BCUT2D eigenvalue weighted by atomic mass is 16.2. The molecule has 0 aromatic heterocycles. The fraction of sp³-hybridized carbons (Fsp3) is 0.737. The van der Waals surface area contributed by atoms with Crippen molar-refractivity contribution in [3.63, 3.8) is 0 Å². The molecule has 0 rings (SSSR count). The molecule has 1 amide bonds. The quantitative estimate of drug-likeness (QED) is 0.590. The predicted octanol–water partition coefficient (Wildman–Crippen LogP) is 5.21. The van der Waals surface area contributed by atoms with Gasteiger partial charge in [0, 0.05) is 18.5 Å². The van der Waals surface area contributed by atoms with E-state index in [1.165, 1.54) is 11.1 Å². The fourth-order valence-electron chi connectivity index (χ4n) is 2.11. The van der Waals surface area contributed by atoms with Gasteiger partial charge in [-0.05, 0) is 39.5 Å². The van der Waals surface area contributed by atoms with Crippen LogP contribution in [0.4, 0.5) is 0 Å². The van der Waals surface area contributed by atoms with E-state index in [1.807, 2.05) is 25.7 Å². The normalized spacial score (nSPS) is 12.5. The van der Waals surface area contributed by atoms with Gasteiger partial charge in [-0.3, -0.25) is 4.79 Å². The lowest BCUT2D eigenvalue weighted by Gasteiger charge is -2.30. The highest BCUT2D eigenvalue weighted by Crippen LogP contribution is 2.19. The number of hydrogen-bond acceptors (Lipinski definition) is 1. The summed E-state index contributed by atoms with van der Waals surface area (Å²) in [5.74, 6) is 0.736. The van der Waals surface area contributed by atoms with Gasteiger partial charge >= 0.3 is 0 Å². The largest absolute Gasteiger partial charge is 0.338 e. The molecule has 0 aromatic carbocycles. The van der Waals surface area contributed by atoms with Crippen molar-refractivity contribution in [1.82, 2.24) is 4.90 Å². The van der Waals surface area contributed by atoms with Crippen LogP contribution in [0.25, 0.3) is 0 Å². The summed E-state index contributed by atoms with van der Waals surface area (Å²) in [7, 11) is 0. The molecule has 2 nitrogen and oxygen atoms in total. The minimum absolute atomic E-state index is 0.240. The Bertz CT molecular complexity index is 379. The number of carbonyl (C=O) groups is 1. The first kappa shape index (κ1) is 19.9. The van der Waals surface area contributed by atoms with Crippen LogP contribution in [0.1, 0.15) is 68.2 Å². The van der Waals surface area contributed by atoms with Gasteiger partial charge in [-0.15, -0.1) is 0 Å². The van der Waals surface area contributed by atoms with Crippen LogP contribution in [0.2, 0.25) is 0 Å². The molecule has 0 bridgehead atoms. The molecule has 0 unspecified atom stereocenters. The number of allylic oxidation sites excluding steroid dienone is 3. The molecule has 0 aromatic rings. The molecule has 0 aliphatic rings. The Kier molecular flexibility index (Phi) is 8.61. The van der Waals surface area contributed by atoms with E-state index < -0.39 is 0 Å². The lowest BCUT2D eigenvalue weighted by Crippen LogP contribution is -2.41. The first-order valence-electron chi connectivity index (χ1n) is 8.12. The van der Waals surface area contributed by atoms with Crippen LogP contribution < -0.4 is 0 Å². The van der Waals surface area contributed by atoms with Gasteiger partial charge in [0.25, 0.3) is 0 Å². The molecule has 0 aliphatic carbocycles. The monoisotopic (exact) mass is 293 g/mol. The minimum Gasteiger partial charge on any atom is -0.338 e.